The maximum Gasteiger partial charge on any atom is 0.292 e. The van der Waals surface area contributed by atoms with Crippen molar-refractivity contribution in [3.8, 4) is 0 Å². The van der Waals surface area contributed by atoms with Crippen LogP contribution < -0.4 is 5.73 Å². The van der Waals surface area contributed by atoms with Gasteiger partial charge in [-0.2, -0.15) is 0 Å². The van der Waals surface area contributed by atoms with Crippen molar-refractivity contribution in [2.24, 2.45) is 0 Å². The lowest BCUT2D eigenvalue weighted by Gasteiger charge is -2.18. The molecule has 2 rings (SSSR count). The summed E-state index contributed by atoms with van der Waals surface area (Å²) in [7, 11) is 1.94. The van der Waals surface area contributed by atoms with Gasteiger partial charge in [0.25, 0.3) is 5.69 Å². The third-order valence-electron chi connectivity index (χ3n) is 3.18. The van der Waals surface area contributed by atoms with E-state index in [0.29, 0.717) is 18.1 Å². The highest BCUT2D eigenvalue weighted by Gasteiger charge is 2.15. The Hall–Kier alpha value is -2.11. The molecule has 0 aliphatic rings. The monoisotopic (exact) mass is 305 g/mol. The number of nitro benzene ring substituents is 1. The zero-order valence-corrected chi connectivity index (χ0v) is 12.4. The van der Waals surface area contributed by atoms with E-state index in [4.69, 9.17) is 17.3 Å². The molecule has 0 fully saturated rings. The highest BCUT2D eigenvalue weighted by atomic mass is 35.5. The van der Waals surface area contributed by atoms with Gasteiger partial charge >= 0.3 is 0 Å². The van der Waals surface area contributed by atoms with E-state index in [1.54, 1.807) is 12.1 Å². The zero-order chi connectivity index (χ0) is 15.4. The van der Waals surface area contributed by atoms with Crippen LogP contribution in [-0.2, 0) is 13.1 Å². The molecule has 110 valence electrons. The lowest BCUT2D eigenvalue weighted by atomic mass is 10.1. The molecule has 0 spiro atoms. The topological polar surface area (TPSA) is 72.4 Å². The molecule has 0 unspecified atom stereocenters. The summed E-state index contributed by atoms with van der Waals surface area (Å²) in [5.41, 5.74) is 7.91. The first-order valence-corrected chi connectivity index (χ1v) is 6.80. The number of anilines is 1. The van der Waals surface area contributed by atoms with Crippen LogP contribution in [-0.4, -0.2) is 16.9 Å². The van der Waals surface area contributed by atoms with Crippen LogP contribution in [0.2, 0.25) is 5.02 Å². The van der Waals surface area contributed by atoms with E-state index in [9.17, 15) is 10.1 Å². The zero-order valence-electron chi connectivity index (χ0n) is 11.6. The van der Waals surface area contributed by atoms with Gasteiger partial charge in [0.05, 0.1) is 4.92 Å². The van der Waals surface area contributed by atoms with E-state index in [0.717, 1.165) is 11.1 Å². The van der Waals surface area contributed by atoms with Crippen LogP contribution in [0.3, 0.4) is 0 Å². The molecule has 0 saturated heterocycles. The Kier molecular flexibility index (Phi) is 4.77. The van der Waals surface area contributed by atoms with E-state index in [1.807, 2.05) is 36.2 Å². The Morgan fingerprint density at radius 3 is 2.48 bits per heavy atom. The number of nitro groups is 1. The van der Waals surface area contributed by atoms with Crippen LogP contribution in [0.15, 0.2) is 42.5 Å². The summed E-state index contributed by atoms with van der Waals surface area (Å²) in [6.45, 7) is 1.25. The number of nitrogens with two attached hydrogens (primary N) is 1. The molecule has 0 bridgehead atoms. The first-order valence-electron chi connectivity index (χ1n) is 6.42. The van der Waals surface area contributed by atoms with Crippen LogP contribution in [0, 0.1) is 10.1 Å². The minimum absolute atomic E-state index is 0.0487. The molecular weight excluding hydrogens is 290 g/mol. The van der Waals surface area contributed by atoms with Gasteiger partial charge in [0.1, 0.15) is 5.69 Å². The molecule has 0 radical (unpaired) electrons. The molecule has 2 N–H and O–H groups in total. The Morgan fingerprint density at radius 2 is 1.86 bits per heavy atom. The SMILES string of the molecule is CN(Cc1ccc(Cl)cc1)Cc1cccc([N+](=O)[O-])c1N. The minimum Gasteiger partial charge on any atom is -0.393 e. The fourth-order valence-electron chi connectivity index (χ4n) is 2.14. The standard InChI is InChI=1S/C15H16ClN3O2/c1-18(9-11-5-7-13(16)8-6-11)10-12-3-2-4-14(15(12)17)19(20)21/h2-8H,9-10,17H2,1H3. The average Bonchev–Trinajstić information content (AvgIpc) is 2.43. The summed E-state index contributed by atoms with van der Waals surface area (Å²) in [6, 6.07) is 12.5. The second-order valence-corrected chi connectivity index (χ2v) is 5.34. The average molecular weight is 306 g/mol. The lowest BCUT2D eigenvalue weighted by molar-refractivity contribution is -0.384. The molecule has 0 saturated carbocycles. The Morgan fingerprint density at radius 1 is 1.19 bits per heavy atom. The van der Waals surface area contributed by atoms with Gasteiger partial charge < -0.3 is 5.73 Å². The highest BCUT2D eigenvalue weighted by molar-refractivity contribution is 6.30. The molecule has 21 heavy (non-hydrogen) atoms. The van der Waals surface area contributed by atoms with Crippen molar-refractivity contribution < 1.29 is 4.92 Å². The van der Waals surface area contributed by atoms with Crippen LogP contribution in [0.5, 0.6) is 0 Å². The number of benzene rings is 2. The van der Waals surface area contributed by atoms with Gasteiger partial charge in [-0.1, -0.05) is 35.9 Å². The van der Waals surface area contributed by atoms with Crippen molar-refractivity contribution in [1.29, 1.82) is 0 Å². The van der Waals surface area contributed by atoms with Gasteiger partial charge in [0, 0.05) is 24.2 Å². The number of nitrogen functional groups attached to an aromatic ring is 1. The van der Waals surface area contributed by atoms with Gasteiger partial charge in [-0.3, -0.25) is 15.0 Å². The van der Waals surface area contributed by atoms with Crippen molar-refractivity contribution in [2.45, 2.75) is 13.1 Å². The number of para-hydroxylation sites is 1. The number of nitrogens with zero attached hydrogens (tertiary/aromatic N) is 2. The van der Waals surface area contributed by atoms with Crippen molar-refractivity contribution in [3.05, 3.63) is 68.7 Å². The molecule has 0 atom stereocenters. The van der Waals surface area contributed by atoms with E-state index in [1.165, 1.54) is 6.07 Å². The van der Waals surface area contributed by atoms with Crippen molar-refractivity contribution in [3.63, 3.8) is 0 Å². The van der Waals surface area contributed by atoms with Crippen molar-refractivity contribution in [1.82, 2.24) is 4.90 Å². The summed E-state index contributed by atoms with van der Waals surface area (Å²) >= 11 is 5.85. The molecule has 0 amide bonds. The fourth-order valence-corrected chi connectivity index (χ4v) is 2.27. The van der Waals surface area contributed by atoms with Crippen LogP contribution >= 0.6 is 11.6 Å². The molecule has 0 heterocycles. The lowest BCUT2D eigenvalue weighted by Crippen LogP contribution is -2.18. The maximum atomic E-state index is 10.9. The summed E-state index contributed by atoms with van der Waals surface area (Å²) in [4.78, 5) is 12.5. The Balaban J connectivity index is 2.09. The first kappa shape index (κ1) is 15.3. The highest BCUT2D eigenvalue weighted by Crippen LogP contribution is 2.26. The smallest absolute Gasteiger partial charge is 0.292 e. The van der Waals surface area contributed by atoms with E-state index < -0.39 is 4.92 Å². The fraction of sp³-hybridized carbons (Fsp3) is 0.200. The molecule has 0 aromatic heterocycles. The van der Waals surface area contributed by atoms with Gasteiger partial charge in [0.15, 0.2) is 0 Å². The second-order valence-electron chi connectivity index (χ2n) is 4.91. The molecule has 0 aliphatic heterocycles. The number of hydrogen-bond acceptors (Lipinski definition) is 4. The van der Waals surface area contributed by atoms with E-state index in [2.05, 4.69) is 0 Å². The molecule has 2 aromatic carbocycles. The molecule has 0 aliphatic carbocycles. The number of hydrogen-bond donors (Lipinski definition) is 1. The van der Waals surface area contributed by atoms with Crippen LogP contribution in [0.1, 0.15) is 11.1 Å². The number of rotatable bonds is 5. The maximum absolute atomic E-state index is 10.9. The normalized spacial score (nSPS) is 10.8. The number of halogens is 1. The molecule has 5 nitrogen and oxygen atoms in total. The summed E-state index contributed by atoms with van der Waals surface area (Å²) in [5.74, 6) is 0. The van der Waals surface area contributed by atoms with E-state index in [-0.39, 0.29) is 11.4 Å². The van der Waals surface area contributed by atoms with Crippen LogP contribution in [0.4, 0.5) is 11.4 Å². The first-order chi connectivity index (χ1) is 9.97. The summed E-state index contributed by atoms with van der Waals surface area (Å²) < 4.78 is 0. The van der Waals surface area contributed by atoms with Crippen LogP contribution in [0.25, 0.3) is 0 Å². The molecule has 6 heteroatoms. The second kappa shape index (κ2) is 6.56. The summed E-state index contributed by atoms with van der Waals surface area (Å²) in [6.07, 6.45) is 0. The quantitative estimate of drug-likeness (QED) is 0.521. The van der Waals surface area contributed by atoms with Crippen molar-refractivity contribution in [2.75, 3.05) is 12.8 Å². The third kappa shape index (κ3) is 3.93. The minimum atomic E-state index is -0.460. The Labute approximate surface area is 128 Å². The Bertz CT molecular complexity index is 644. The predicted octanol–water partition coefficient (Wildman–Crippen LogP) is 3.46. The predicted molar refractivity (Wildman–Crippen MR) is 84.1 cm³/mol. The van der Waals surface area contributed by atoms with E-state index >= 15 is 0 Å². The third-order valence-corrected chi connectivity index (χ3v) is 3.43. The van der Waals surface area contributed by atoms with Gasteiger partial charge in [-0.15, -0.1) is 0 Å². The molecule has 2 aromatic rings. The van der Waals surface area contributed by atoms with Gasteiger partial charge in [0.2, 0.25) is 0 Å². The largest absolute Gasteiger partial charge is 0.393 e. The molecular formula is C15H16ClN3O2. The van der Waals surface area contributed by atoms with Crippen molar-refractivity contribution >= 4 is 23.0 Å². The van der Waals surface area contributed by atoms with Gasteiger partial charge in [-0.05, 0) is 30.3 Å². The summed E-state index contributed by atoms with van der Waals surface area (Å²) in [5, 5.41) is 11.6. The van der Waals surface area contributed by atoms with Gasteiger partial charge in [-0.25, -0.2) is 0 Å².